The van der Waals surface area contributed by atoms with Crippen LogP contribution in [0.3, 0.4) is 0 Å². The molecule has 0 spiro atoms. The van der Waals surface area contributed by atoms with Crippen LogP contribution in [0, 0.1) is 0 Å². The zero-order valence-corrected chi connectivity index (χ0v) is 12.4. The highest BCUT2D eigenvalue weighted by atomic mass is 35.5. The van der Waals surface area contributed by atoms with Gasteiger partial charge in [0.05, 0.1) is 5.69 Å². The molecule has 0 aliphatic heterocycles. The molecule has 3 N–H and O–H groups in total. The van der Waals surface area contributed by atoms with E-state index in [9.17, 15) is 8.42 Å². The van der Waals surface area contributed by atoms with Gasteiger partial charge in [0.25, 0.3) is 0 Å². The van der Waals surface area contributed by atoms with Crippen LogP contribution in [0.2, 0.25) is 5.02 Å². The summed E-state index contributed by atoms with van der Waals surface area (Å²) >= 11 is 5.77. The maximum atomic E-state index is 12.3. The molecule has 0 fully saturated rings. The quantitative estimate of drug-likeness (QED) is 0.853. The summed E-state index contributed by atoms with van der Waals surface area (Å²) in [7, 11) is -3.69. The van der Waals surface area contributed by atoms with E-state index in [0.29, 0.717) is 5.02 Å². The predicted octanol–water partition coefficient (Wildman–Crippen LogP) is 2.96. The van der Waals surface area contributed by atoms with Crippen molar-refractivity contribution >= 4 is 27.3 Å². The lowest BCUT2D eigenvalue weighted by atomic mass is 10.1. The maximum absolute atomic E-state index is 12.3. The Morgan fingerprint density at radius 3 is 2.40 bits per heavy atom. The second-order valence-corrected chi connectivity index (χ2v) is 6.55. The van der Waals surface area contributed by atoms with Crippen molar-refractivity contribution in [1.29, 1.82) is 0 Å². The SMILES string of the molecule is C[C@H](NS(=O)(=O)c1ccc(Cl)cc1N)c1ccccc1. The van der Waals surface area contributed by atoms with E-state index >= 15 is 0 Å². The standard InChI is InChI=1S/C14H15ClN2O2S/c1-10(11-5-3-2-4-6-11)17-20(18,19)14-8-7-12(15)9-13(14)16/h2-10,17H,16H2,1H3/t10-/m0/s1. The first-order valence-electron chi connectivity index (χ1n) is 6.02. The highest BCUT2D eigenvalue weighted by Gasteiger charge is 2.20. The van der Waals surface area contributed by atoms with Gasteiger partial charge in [0, 0.05) is 11.1 Å². The summed E-state index contributed by atoms with van der Waals surface area (Å²) in [5, 5.41) is 0.401. The van der Waals surface area contributed by atoms with Crippen LogP contribution in [0.1, 0.15) is 18.5 Å². The highest BCUT2D eigenvalue weighted by Crippen LogP contribution is 2.24. The molecule has 0 heterocycles. The molecule has 2 aromatic carbocycles. The monoisotopic (exact) mass is 310 g/mol. The lowest BCUT2D eigenvalue weighted by Gasteiger charge is -2.15. The van der Waals surface area contributed by atoms with Gasteiger partial charge < -0.3 is 5.73 Å². The summed E-state index contributed by atoms with van der Waals surface area (Å²) < 4.78 is 27.2. The van der Waals surface area contributed by atoms with E-state index < -0.39 is 10.0 Å². The van der Waals surface area contributed by atoms with E-state index in [1.807, 2.05) is 30.3 Å². The zero-order chi connectivity index (χ0) is 14.8. The van der Waals surface area contributed by atoms with Gasteiger partial charge in [0.1, 0.15) is 4.90 Å². The smallest absolute Gasteiger partial charge is 0.243 e. The lowest BCUT2D eigenvalue weighted by molar-refractivity contribution is 0.567. The summed E-state index contributed by atoms with van der Waals surface area (Å²) in [5.74, 6) is 0. The molecule has 0 saturated carbocycles. The van der Waals surface area contributed by atoms with Gasteiger partial charge >= 0.3 is 0 Å². The summed E-state index contributed by atoms with van der Waals surface area (Å²) in [4.78, 5) is 0.0321. The number of sulfonamides is 1. The van der Waals surface area contributed by atoms with Crippen LogP contribution in [0.5, 0.6) is 0 Å². The Balaban J connectivity index is 2.28. The molecule has 0 radical (unpaired) electrons. The van der Waals surface area contributed by atoms with Crippen LogP contribution >= 0.6 is 11.6 Å². The van der Waals surface area contributed by atoms with E-state index in [4.69, 9.17) is 17.3 Å². The van der Waals surface area contributed by atoms with Gasteiger partial charge in [-0.3, -0.25) is 0 Å². The van der Waals surface area contributed by atoms with Crippen LogP contribution in [0.4, 0.5) is 5.69 Å². The van der Waals surface area contributed by atoms with Crippen molar-refractivity contribution in [2.24, 2.45) is 0 Å². The molecule has 0 unspecified atom stereocenters. The van der Waals surface area contributed by atoms with Gasteiger partial charge in [-0.25, -0.2) is 13.1 Å². The van der Waals surface area contributed by atoms with Crippen molar-refractivity contribution in [2.45, 2.75) is 17.9 Å². The molecular weight excluding hydrogens is 296 g/mol. The average Bonchev–Trinajstić information content (AvgIpc) is 2.38. The third-order valence-electron chi connectivity index (χ3n) is 2.89. The molecule has 0 saturated heterocycles. The number of hydrogen-bond donors (Lipinski definition) is 2. The first-order chi connectivity index (χ1) is 9.40. The van der Waals surface area contributed by atoms with Crippen molar-refractivity contribution < 1.29 is 8.42 Å². The van der Waals surface area contributed by atoms with E-state index in [1.54, 1.807) is 6.92 Å². The van der Waals surface area contributed by atoms with Crippen molar-refractivity contribution in [3.8, 4) is 0 Å². The molecule has 106 valence electrons. The van der Waals surface area contributed by atoms with E-state index in [2.05, 4.69) is 4.72 Å². The van der Waals surface area contributed by atoms with Crippen LogP contribution < -0.4 is 10.5 Å². The first kappa shape index (κ1) is 14.8. The Hall–Kier alpha value is -1.56. The van der Waals surface area contributed by atoms with Gasteiger partial charge in [-0.05, 0) is 30.7 Å². The molecule has 0 amide bonds. The number of anilines is 1. The number of benzene rings is 2. The Labute approximate surface area is 123 Å². The third kappa shape index (κ3) is 3.30. The Morgan fingerprint density at radius 1 is 1.15 bits per heavy atom. The van der Waals surface area contributed by atoms with Crippen LogP contribution in [0.15, 0.2) is 53.4 Å². The summed E-state index contributed by atoms with van der Waals surface area (Å²) in [6, 6.07) is 13.3. The molecule has 2 rings (SSSR count). The van der Waals surface area contributed by atoms with E-state index in [-0.39, 0.29) is 16.6 Å². The normalized spacial score (nSPS) is 13.1. The number of hydrogen-bond acceptors (Lipinski definition) is 3. The fourth-order valence-corrected chi connectivity index (χ4v) is 3.40. The van der Waals surface area contributed by atoms with Crippen molar-refractivity contribution in [3.63, 3.8) is 0 Å². The van der Waals surface area contributed by atoms with Gasteiger partial charge in [-0.15, -0.1) is 0 Å². The lowest BCUT2D eigenvalue weighted by Crippen LogP contribution is -2.27. The fraction of sp³-hybridized carbons (Fsp3) is 0.143. The minimum absolute atomic E-state index is 0.0321. The van der Waals surface area contributed by atoms with Crippen molar-refractivity contribution in [1.82, 2.24) is 4.72 Å². The molecular formula is C14H15ClN2O2S. The number of rotatable bonds is 4. The second kappa shape index (κ2) is 5.83. The Bertz CT molecular complexity index is 702. The van der Waals surface area contributed by atoms with Crippen LogP contribution in [-0.4, -0.2) is 8.42 Å². The predicted molar refractivity (Wildman–Crippen MR) is 81.0 cm³/mol. The molecule has 0 aliphatic rings. The maximum Gasteiger partial charge on any atom is 0.243 e. The fourth-order valence-electron chi connectivity index (χ4n) is 1.87. The molecule has 6 heteroatoms. The van der Waals surface area contributed by atoms with Gasteiger partial charge in [0.15, 0.2) is 0 Å². The second-order valence-electron chi connectivity index (χ2n) is 4.44. The minimum atomic E-state index is -3.69. The van der Waals surface area contributed by atoms with Gasteiger partial charge in [-0.2, -0.15) is 0 Å². The van der Waals surface area contributed by atoms with E-state index in [0.717, 1.165) is 5.56 Å². The minimum Gasteiger partial charge on any atom is -0.398 e. The molecule has 4 nitrogen and oxygen atoms in total. The molecule has 0 aliphatic carbocycles. The van der Waals surface area contributed by atoms with Crippen molar-refractivity contribution in [2.75, 3.05) is 5.73 Å². The van der Waals surface area contributed by atoms with Gasteiger partial charge in [-0.1, -0.05) is 41.9 Å². The highest BCUT2D eigenvalue weighted by molar-refractivity contribution is 7.89. The van der Waals surface area contributed by atoms with Gasteiger partial charge in [0.2, 0.25) is 10.0 Å². The molecule has 1 atom stereocenters. The Kier molecular flexibility index (Phi) is 4.32. The number of nitrogen functional groups attached to an aromatic ring is 1. The summed E-state index contributed by atoms with van der Waals surface area (Å²) in [6.07, 6.45) is 0. The van der Waals surface area contributed by atoms with Crippen LogP contribution in [-0.2, 0) is 10.0 Å². The Morgan fingerprint density at radius 2 is 1.80 bits per heavy atom. The number of nitrogens with two attached hydrogens (primary N) is 1. The number of nitrogens with one attached hydrogen (secondary N) is 1. The van der Waals surface area contributed by atoms with Crippen LogP contribution in [0.25, 0.3) is 0 Å². The largest absolute Gasteiger partial charge is 0.398 e. The van der Waals surface area contributed by atoms with E-state index in [1.165, 1.54) is 18.2 Å². The molecule has 20 heavy (non-hydrogen) atoms. The average molecular weight is 311 g/mol. The number of halogens is 1. The first-order valence-corrected chi connectivity index (χ1v) is 7.88. The topological polar surface area (TPSA) is 72.2 Å². The summed E-state index contributed by atoms with van der Waals surface area (Å²) in [5.41, 5.74) is 6.73. The van der Waals surface area contributed by atoms with Crippen molar-refractivity contribution in [3.05, 3.63) is 59.1 Å². The third-order valence-corrected chi connectivity index (χ3v) is 4.74. The molecule has 0 aromatic heterocycles. The molecule has 0 bridgehead atoms. The zero-order valence-electron chi connectivity index (χ0n) is 10.9. The molecule has 2 aromatic rings. The summed E-state index contributed by atoms with van der Waals surface area (Å²) in [6.45, 7) is 1.78.